The van der Waals surface area contributed by atoms with Crippen molar-refractivity contribution in [2.24, 2.45) is 0 Å². The van der Waals surface area contributed by atoms with Crippen molar-refractivity contribution in [1.29, 1.82) is 0 Å². The Morgan fingerprint density at radius 2 is 2.00 bits per heavy atom. The van der Waals surface area contributed by atoms with Gasteiger partial charge in [-0.25, -0.2) is 0 Å². The number of hydrogen-bond acceptors (Lipinski definition) is 5. The fraction of sp³-hybridized carbons (Fsp3) is 0.263. The predicted molar refractivity (Wildman–Crippen MR) is 99.5 cm³/mol. The number of methoxy groups -OCH3 is 1. The fourth-order valence-corrected chi connectivity index (χ4v) is 2.92. The Labute approximate surface area is 151 Å². The number of amides is 1. The zero-order valence-corrected chi connectivity index (χ0v) is 14.9. The smallest absolute Gasteiger partial charge is 0.257 e. The van der Waals surface area contributed by atoms with Gasteiger partial charge in [0, 0.05) is 18.1 Å². The van der Waals surface area contributed by atoms with Crippen LogP contribution in [0.2, 0.25) is 0 Å². The van der Waals surface area contributed by atoms with Crippen LogP contribution in [-0.2, 0) is 10.5 Å². The number of ether oxygens (including phenoxy) is 2. The number of thioether (sulfide) groups is 1. The second kappa shape index (κ2) is 10.4. The number of nitrogens with one attached hydrogen (secondary N) is 1. The zero-order valence-electron chi connectivity index (χ0n) is 14.1. The minimum Gasteiger partial charge on any atom is -0.497 e. The molecule has 0 saturated heterocycles. The number of carbonyl (C=O) groups is 2. The molecule has 0 radical (unpaired) electrons. The van der Waals surface area contributed by atoms with Gasteiger partial charge >= 0.3 is 0 Å². The minimum absolute atomic E-state index is 0.128. The van der Waals surface area contributed by atoms with Crippen molar-refractivity contribution in [3.8, 4) is 11.5 Å². The van der Waals surface area contributed by atoms with E-state index in [9.17, 15) is 9.59 Å². The molecular weight excluding hydrogens is 338 g/mol. The van der Waals surface area contributed by atoms with Gasteiger partial charge in [0.1, 0.15) is 11.5 Å². The molecule has 0 aliphatic rings. The molecule has 0 bridgehead atoms. The molecule has 0 atom stereocenters. The van der Waals surface area contributed by atoms with Crippen LogP contribution >= 0.6 is 11.8 Å². The maximum absolute atomic E-state index is 11.8. The Bertz CT molecular complexity index is 691. The Hall–Kier alpha value is -2.47. The highest BCUT2D eigenvalue weighted by molar-refractivity contribution is 7.98. The lowest BCUT2D eigenvalue weighted by atomic mass is 10.2. The molecule has 5 nitrogen and oxygen atoms in total. The monoisotopic (exact) mass is 359 g/mol. The van der Waals surface area contributed by atoms with E-state index in [0.717, 1.165) is 11.5 Å². The molecule has 2 aromatic carbocycles. The summed E-state index contributed by atoms with van der Waals surface area (Å²) in [6.07, 6.45) is 0.677. The first-order chi connectivity index (χ1) is 12.2. The van der Waals surface area contributed by atoms with Gasteiger partial charge in [-0.05, 0) is 23.8 Å². The van der Waals surface area contributed by atoms with Crippen molar-refractivity contribution in [2.75, 3.05) is 26.0 Å². The maximum Gasteiger partial charge on any atom is 0.257 e. The molecule has 132 valence electrons. The molecular formula is C19H21NO4S. The molecule has 2 aromatic rings. The second-order valence-corrected chi connectivity index (χ2v) is 6.30. The number of hydrogen-bond donors (Lipinski definition) is 1. The van der Waals surface area contributed by atoms with E-state index in [2.05, 4.69) is 17.4 Å². The molecule has 0 saturated carbocycles. The normalized spacial score (nSPS) is 10.1. The largest absolute Gasteiger partial charge is 0.497 e. The van der Waals surface area contributed by atoms with Gasteiger partial charge in [0.2, 0.25) is 0 Å². The molecule has 1 amide bonds. The molecule has 25 heavy (non-hydrogen) atoms. The number of carbonyl (C=O) groups excluding carboxylic acids is 2. The molecule has 6 heteroatoms. The summed E-state index contributed by atoms with van der Waals surface area (Å²) in [6, 6.07) is 15.1. The van der Waals surface area contributed by atoms with Gasteiger partial charge in [-0.3, -0.25) is 9.59 Å². The van der Waals surface area contributed by atoms with Crippen molar-refractivity contribution in [1.82, 2.24) is 5.32 Å². The van der Waals surface area contributed by atoms with Gasteiger partial charge in [-0.1, -0.05) is 30.3 Å². The number of benzene rings is 2. The Balaban J connectivity index is 1.66. The highest BCUT2D eigenvalue weighted by Crippen LogP contribution is 2.22. The van der Waals surface area contributed by atoms with Crippen molar-refractivity contribution < 1.29 is 19.1 Å². The van der Waals surface area contributed by atoms with Crippen molar-refractivity contribution in [3.63, 3.8) is 0 Å². The summed E-state index contributed by atoms with van der Waals surface area (Å²) in [6.45, 7) is 0.444. The predicted octanol–water partition coefficient (Wildman–Crippen LogP) is 2.94. The first-order valence-electron chi connectivity index (χ1n) is 7.87. The summed E-state index contributed by atoms with van der Waals surface area (Å²) < 4.78 is 10.5. The van der Waals surface area contributed by atoms with Gasteiger partial charge in [0.05, 0.1) is 12.7 Å². The van der Waals surface area contributed by atoms with Gasteiger partial charge in [0.15, 0.2) is 12.9 Å². The van der Waals surface area contributed by atoms with Crippen LogP contribution in [0.4, 0.5) is 0 Å². The summed E-state index contributed by atoms with van der Waals surface area (Å²) in [5, 5.41) is 2.80. The maximum atomic E-state index is 11.8. The first kappa shape index (κ1) is 18.9. The molecule has 0 aliphatic carbocycles. The van der Waals surface area contributed by atoms with Crippen molar-refractivity contribution in [2.45, 2.75) is 5.75 Å². The van der Waals surface area contributed by atoms with Crippen molar-refractivity contribution >= 4 is 24.0 Å². The van der Waals surface area contributed by atoms with Crippen LogP contribution in [0, 0.1) is 0 Å². The molecule has 0 aliphatic heterocycles. The summed E-state index contributed by atoms with van der Waals surface area (Å²) in [5.74, 6) is 2.46. The highest BCUT2D eigenvalue weighted by atomic mass is 32.2. The standard InChI is InChI=1S/C19H21NO4S/c1-23-17-7-8-18(16(11-17)12-21)24-13-19(22)20-9-10-25-14-15-5-3-2-4-6-15/h2-8,11-12H,9-10,13-14H2,1H3,(H,20,22). The minimum atomic E-state index is -0.215. The molecule has 2 rings (SSSR count). The van der Waals surface area contributed by atoms with Crippen LogP contribution in [0.5, 0.6) is 11.5 Å². The van der Waals surface area contributed by atoms with Gasteiger partial charge in [0.25, 0.3) is 5.91 Å². The topological polar surface area (TPSA) is 64.6 Å². The van der Waals surface area contributed by atoms with Gasteiger partial charge in [-0.2, -0.15) is 11.8 Å². The Morgan fingerprint density at radius 3 is 2.72 bits per heavy atom. The first-order valence-corrected chi connectivity index (χ1v) is 9.03. The van der Waals surface area contributed by atoms with Crippen molar-refractivity contribution in [3.05, 3.63) is 59.7 Å². The third-order valence-electron chi connectivity index (χ3n) is 3.38. The van der Waals surface area contributed by atoms with Crippen LogP contribution in [0.15, 0.2) is 48.5 Å². The molecule has 0 heterocycles. The van der Waals surface area contributed by atoms with E-state index in [0.29, 0.717) is 29.9 Å². The van der Waals surface area contributed by atoms with E-state index < -0.39 is 0 Å². The van der Waals surface area contributed by atoms with Gasteiger partial charge in [-0.15, -0.1) is 0 Å². The van der Waals surface area contributed by atoms with E-state index in [-0.39, 0.29) is 12.5 Å². The Morgan fingerprint density at radius 1 is 1.20 bits per heavy atom. The summed E-state index contributed by atoms with van der Waals surface area (Å²) >= 11 is 1.76. The van der Waals surface area contributed by atoms with Crippen LogP contribution in [-0.4, -0.2) is 38.2 Å². The van der Waals surface area contributed by atoms with Crippen LogP contribution in [0.1, 0.15) is 15.9 Å². The van der Waals surface area contributed by atoms with E-state index >= 15 is 0 Å². The second-order valence-electron chi connectivity index (χ2n) is 5.20. The van der Waals surface area contributed by atoms with Gasteiger partial charge < -0.3 is 14.8 Å². The lowest BCUT2D eigenvalue weighted by Crippen LogP contribution is -2.30. The number of aldehydes is 1. The van der Waals surface area contributed by atoms with Crippen LogP contribution < -0.4 is 14.8 Å². The average Bonchev–Trinajstić information content (AvgIpc) is 2.66. The molecule has 0 aromatic heterocycles. The molecule has 1 N–H and O–H groups in total. The third-order valence-corrected chi connectivity index (χ3v) is 4.41. The molecule has 0 unspecified atom stereocenters. The van der Waals surface area contributed by atoms with E-state index in [1.807, 2.05) is 18.2 Å². The summed E-state index contributed by atoms with van der Waals surface area (Å²) in [7, 11) is 1.52. The fourth-order valence-electron chi connectivity index (χ4n) is 2.10. The average molecular weight is 359 g/mol. The quantitative estimate of drug-likeness (QED) is 0.522. The van der Waals surface area contributed by atoms with E-state index in [1.165, 1.54) is 12.7 Å². The van der Waals surface area contributed by atoms with Crippen LogP contribution in [0.25, 0.3) is 0 Å². The highest BCUT2D eigenvalue weighted by Gasteiger charge is 2.08. The van der Waals surface area contributed by atoms with E-state index in [1.54, 1.807) is 30.0 Å². The summed E-state index contributed by atoms with van der Waals surface area (Å²) in [4.78, 5) is 22.9. The van der Waals surface area contributed by atoms with E-state index in [4.69, 9.17) is 9.47 Å². The number of rotatable bonds is 10. The lowest BCUT2D eigenvalue weighted by molar-refractivity contribution is -0.122. The Kier molecular flexibility index (Phi) is 7.85. The lowest BCUT2D eigenvalue weighted by Gasteiger charge is -2.10. The SMILES string of the molecule is COc1ccc(OCC(=O)NCCSCc2ccccc2)c(C=O)c1. The molecule has 0 fully saturated rings. The molecule has 0 spiro atoms. The summed E-state index contributed by atoms with van der Waals surface area (Å²) in [5.41, 5.74) is 1.62. The zero-order chi connectivity index (χ0) is 17.9. The van der Waals surface area contributed by atoms with Crippen LogP contribution in [0.3, 0.4) is 0 Å². The third kappa shape index (κ3) is 6.51.